The van der Waals surface area contributed by atoms with Crippen LogP contribution in [0.3, 0.4) is 0 Å². The van der Waals surface area contributed by atoms with Crippen molar-refractivity contribution in [3.63, 3.8) is 0 Å². The van der Waals surface area contributed by atoms with E-state index in [1.165, 1.54) is 17.9 Å². The summed E-state index contributed by atoms with van der Waals surface area (Å²) in [6.07, 6.45) is 1.72. The van der Waals surface area contributed by atoms with Crippen molar-refractivity contribution in [2.24, 2.45) is 5.73 Å². The minimum atomic E-state index is 0.105. The summed E-state index contributed by atoms with van der Waals surface area (Å²) >= 11 is 1.98. The largest absolute Gasteiger partial charge is 0.354 e. The highest BCUT2D eigenvalue weighted by Gasteiger charge is 2.26. The molecule has 1 rings (SSSR count). The number of nitrogens with zero attached hydrogens (tertiary/aromatic N) is 1. The van der Waals surface area contributed by atoms with E-state index in [0.717, 1.165) is 0 Å². The Balaban J connectivity index is 2.43. The Bertz CT molecular complexity index is 242. The molecule has 1 fully saturated rings. The van der Waals surface area contributed by atoms with Gasteiger partial charge in [-0.15, -0.1) is 0 Å². The quantitative estimate of drug-likeness (QED) is 0.736. The van der Waals surface area contributed by atoms with E-state index in [1.807, 2.05) is 25.6 Å². The fraction of sp³-hybridized carbons (Fsp3) is 0.917. The van der Waals surface area contributed by atoms with Crippen molar-refractivity contribution in [2.75, 3.05) is 25.1 Å². The Hall–Kier alpha value is -0.260. The molecule has 100 valence electrons. The first-order valence-electron chi connectivity index (χ1n) is 6.33. The molecule has 0 aromatic carbocycles. The van der Waals surface area contributed by atoms with E-state index in [2.05, 4.69) is 17.3 Å². The maximum absolute atomic E-state index is 11.7. The number of nitrogens with two attached hydrogens (primary N) is 1. The number of rotatable bonds is 6. The maximum Gasteiger partial charge on any atom is 0.221 e. The highest BCUT2D eigenvalue weighted by atomic mass is 32.2. The van der Waals surface area contributed by atoms with Gasteiger partial charge in [0.05, 0.1) is 0 Å². The monoisotopic (exact) mass is 259 g/mol. The van der Waals surface area contributed by atoms with Gasteiger partial charge in [0.25, 0.3) is 0 Å². The van der Waals surface area contributed by atoms with Gasteiger partial charge in [-0.1, -0.05) is 0 Å². The fourth-order valence-corrected chi connectivity index (χ4v) is 3.41. The summed E-state index contributed by atoms with van der Waals surface area (Å²) in [4.78, 5) is 14.0. The van der Waals surface area contributed by atoms with Crippen molar-refractivity contribution >= 4 is 17.7 Å². The lowest BCUT2D eigenvalue weighted by Gasteiger charge is -2.31. The second kappa shape index (κ2) is 7.24. The second-order valence-electron chi connectivity index (χ2n) is 5.00. The molecule has 1 saturated heterocycles. The van der Waals surface area contributed by atoms with Crippen LogP contribution >= 0.6 is 11.8 Å². The predicted molar refractivity (Wildman–Crippen MR) is 74.2 cm³/mol. The van der Waals surface area contributed by atoms with Crippen LogP contribution in [0.2, 0.25) is 0 Å². The third-order valence-electron chi connectivity index (χ3n) is 3.20. The van der Waals surface area contributed by atoms with Gasteiger partial charge in [-0.3, -0.25) is 9.69 Å². The van der Waals surface area contributed by atoms with E-state index in [9.17, 15) is 4.79 Å². The molecule has 0 saturated carbocycles. The van der Waals surface area contributed by atoms with Crippen molar-refractivity contribution < 1.29 is 4.79 Å². The van der Waals surface area contributed by atoms with Gasteiger partial charge in [-0.25, -0.2) is 0 Å². The molecule has 0 aromatic rings. The van der Waals surface area contributed by atoms with E-state index in [0.29, 0.717) is 19.0 Å². The van der Waals surface area contributed by atoms with Crippen LogP contribution in [0.1, 0.15) is 26.7 Å². The normalized spacial score (nSPS) is 22.1. The number of likely N-dealkylation sites (N-methyl/N-ethyl adjacent to an activating group) is 1. The molecule has 0 aliphatic carbocycles. The SMILES string of the molecule is CC(C)NC(=O)CC(CN)N(C)C1CCSC1. The summed E-state index contributed by atoms with van der Waals surface area (Å²) in [5, 5.41) is 2.93. The minimum Gasteiger partial charge on any atom is -0.354 e. The Kier molecular flexibility index (Phi) is 6.30. The van der Waals surface area contributed by atoms with Crippen LogP contribution in [0, 0.1) is 0 Å². The molecule has 1 aliphatic rings. The molecule has 2 unspecified atom stereocenters. The highest BCUT2D eigenvalue weighted by Crippen LogP contribution is 2.23. The molecule has 1 amide bonds. The lowest BCUT2D eigenvalue weighted by atomic mass is 10.1. The van der Waals surface area contributed by atoms with E-state index < -0.39 is 0 Å². The fourth-order valence-electron chi connectivity index (χ4n) is 2.13. The minimum absolute atomic E-state index is 0.105. The van der Waals surface area contributed by atoms with Crippen LogP contribution in [-0.4, -0.2) is 54.0 Å². The molecule has 0 spiro atoms. The summed E-state index contributed by atoms with van der Waals surface area (Å²) in [5.74, 6) is 2.50. The molecule has 2 atom stereocenters. The number of carbonyl (C=O) groups is 1. The second-order valence-corrected chi connectivity index (χ2v) is 6.15. The maximum atomic E-state index is 11.7. The Morgan fingerprint density at radius 3 is 2.76 bits per heavy atom. The lowest BCUT2D eigenvalue weighted by molar-refractivity contribution is -0.122. The smallest absolute Gasteiger partial charge is 0.221 e. The Morgan fingerprint density at radius 2 is 2.29 bits per heavy atom. The Morgan fingerprint density at radius 1 is 1.59 bits per heavy atom. The molecule has 1 heterocycles. The van der Waals surface area contributed by atoms with Crippen molar-refractivity contribution in [3.05, 3.63) is 0 Å². The van der Waals surface area contributed by atoms with Crippen LogP contribution in [0.4, 0.5) is 0 Å². The van der Waals surface area contributed by atoms with Crippen molar-refractivity contribution in [1.29, 1.82) is 0 Å². The van der Waals surface area contributed by atoms with Crippen LogP contribution in [0.15, 0.2) is 0 Å². The third-order valence-corrected chi connectivity index (χ3v) is 4.35. The van der Waals surface area contributed by atoms with Crippen LogP contribution < -0.4 is 11.1 Å². The summed E-state index contributed by atoms with van der Waals surface area (Å²) in [5.41, 5.74) is 5.79. The lowest BCUT2D eigenvalue weighted by Crippen LogP contribution is -2.47. The molecule has 5 heteroatoms. The van der Waals surface area contributed by atoms with E-state index >= 15 is 0 Å². The zero-order valence-electron chi connectivity index (χ0n) is 11.1. The number of amides is 1. The van der Waals surface area contributed by atoms with Gasteiger partial charge < -0.3 is 11.1 Å². The summed E-state index contributed by atoms with van der Waals surface area (Å²) < 4.78 is 0. The third kappa shape index (κ3) is 4.85. The number of hydrogen-bond donors (Lipinski definition) is 2. The molecular weight excluding hydrogens is 234 g/mol. The Labute approximate surface area is 109 Å². The van der Waals surface area contributed by atoms with E-state index in [-0.39, 0.29) is 18.0 Å². The summed E-state index contributed by atoms with van der Waals surface area (Å²) in [7, 11) is 2.09. The molecule has 4 nitrogen and oxygen atoms in total. The van der Waals surface area contributed by atoms with Gasteiger partial charge >= 0.3 is 0 Å². The van der Waals surface area contributed by atoms with Crippen molar-refractivity contribution in [2.45, 2.75) is 44.8 Å². The molecule has 17 heavy (non-hydrogen) atoms. The molecule has 0 bridgehead atoms. The zero-order chi connectivity index (χ0) is 12.8. The molecule has 0 aromatic heterocycles. The first-order chi connectivity index (χ1) is 8.04. The molecule has 1 aliphatic heterocycles. The van der Waals surface area contributed by atoms with Gasteiger partial charge in [0.1, 0.15) is 0 Å². The first-order valence-corrected chi connectivity index (χ1v) is 7.49. The van der Waals surface area contributed by atoms with Gasteiger partial charge in [-0.05, 0) is 33.1 Å². The van der Waals surface area contributed by atoms with Gasteiger partial charge in [0, 0.05) is 36.8 Å². The summed E-state index contributed by atoms with van der Waals surface area (Å²) in [6, 6.07) is 0.950. The van der Waals surface area contributed by atoms with Crippen molar-refractivity contribution in [1.82, 2.24) is 10.2 Å². The number of carbonyl (C=O) groups excluding carboxylic acids is 1. The van der Waals surface area contributed by atoms with Gasteiger partial charge in [-0.2, -0.15) is 11.8 Å². The molecular formula is C12H25N3OS. The van der Waals surface area contributed by atoms with E-state index in [1.54, 1.807) is 0 Å². The van der Waals surface area contributed by atoms with Crippen LogP contribution in [0.5, 0.6) is 0 Å². The predicted octanol–water partition coefficient (Wildman–Crippen LogP) is 0.666. The standard InChI is InChI=1S/C12H25N3OS/c1-9(2)14-12(16)6-11(7-13)15(3)10-4-5-17-8-10/h9-11H,4-8,13H2,1-3H3,(H,14,16). The molecule has 3 N–H and O–H groups in total. The summed E-state index contributed by atoms with van der Waals surface area (Å²) in [6.45, 7) is 4.50. The topological polar surface area (TPSA) is 58.4 Å². The molecule has 0 radical (unpaired) electrons. The van der Waals surface area contributed by atoms with Crippen LogP contribution in [-0.2, 0) is 4.79 Å². The zero-order valence-corrected chi connectivity index (χ0v) is 11.9. The van der Waals surface area contributed by atoms with Crippen LogP contribution in [0.25, 0.3) is 0 Å². The van der Waals surface area contributed by atoms with Crippen molar-refractivity contribution in [3.8, 4) is 0 Å². The number of thioether (sulfide) groups is 1. The number of hydrogen-bond acceptors (Lipinski definition) is 4. The number of nitrogens with one attached hydrogen (secondary N) is 1. The van der Waals surface area contributed by atoms with Gasteiger partial charge in [0.2, 0.25) is 5.91 Å². The van der Waals surface area contributed by atoms with E-state index in [4.69, 9.17) is 5.73 Å². The highest BCUT2D eigenvalue weighted by molar-refractivity contribution is 7.99. The average molecular weight is 259 g/mol. The first kappa shape index (κ1) is 14.8. The van der Waals surface area contributed by atoms with Gasteiger partial charge in [0.15, 0.2) is 0 Å². The average Bonchev–Trinajstić information content (AvgIpc) is 2.77.